The second-order valence-electron chi connectivity index (χ2n) is 5.53. The Morgan fingerprint density at radius 2 is 1.69 bits per heavy atom. The number of carbonyl (C=O) groups excluding carboxylic acids is 1. The molecule has 0 fully saturated rings. The van der Waals surface area contributed by atoms with Gasteiger partial charge >= 0.3 is 0 Å². The molecule has 0 aliphatic heterocycles. The first kappa shape index (κ1) is 17.7. The third-order valence-electron chi connectivity index (χ3n) is 3.58. The van der Waals surface area contributed by atoms with Crippen LogP contribution in [0.25, 0.3) is 11.1 Å². The van der Waals surface area contributed by atoms with Crippen LogP contribution in [-0.2, 0) is 4.79 Å². The van der Waals surface area contributed by atoms with Gasteiger partial charge in [-0.05, 0) is 41.0 Å². The number of halogens is 1. The fourth-order valence-electron chi connectivity index (χ4n) is 2.32. The van der Waals surface area contributed by atoms with Gasteiger partial charge in [0, 0.05) is 5.02 Å². The number of amides is 1. The summed E-state index contributed by atoms with van der Waals surface area (Å²) in [4.78, 5) is 11.8. The highest BCUT2D eigenvalue weighted by Crippen LogP contribution is 2.21. The van der Waals surface area contributed by atoms with Crippen LogP contribution >= 0.6 is 11.6 Å². The molecule has 0 saturated heterocycles. The van der Waals surface area contributed by atoms with Crippen LogP contribution in [0.3, 0.4) is 0 Å². The molecule has 0 bridgehead atoms. The molecule has 3 aromatic carbocycles. The molecular formula is C21H17ClN2O2. The second kappa shape index (κ2) is 8.83. The van der Waals surface area contributed by atoms with Crippen LogP contribution in [0.15, 0.2) is 84.0 Å². The van der Waals surface area contributed by atoms with Crippen LogP contribution in [0.1, 0.15) is 5.56 Å². The van der Waals surface area contributed by atoms with E-state index in [4.69, 9.17) is 16.3 Å². The molecule has 0 spiro atoms. The summed E-state index contributed by atoms with van der Waals surface area (Å²) in [5.41, 5.74) is 5.44. The summed E-state index contributed by atoms with van der Waals surface area (Å²) < 4.78 is 5.47. The molecule has 0 unspecified atom stereocenters. The van der Waals surface area contributed by atoms with Gasteiger partial charge in [-0.1, -0.05) is 66.2 Å². The van der Waals surface area contributed by atoms with Crippen molar-refractivity contribution < 1.29 is 9.53 Å². The SMILES string of the molecule is O=C(COc1ccc(-c2ccccc2)cc1)N/N=C\c1cccc(Cl)c1. The van der Waals surface area contributed by atoms with Crippen molar-refractivity contribution in [1.29, 1.82) is 0 Å². The molecule has 3 rings (SSSR count). The van der Waals surface area contributed by atoms with Crippen LogP contribution < -0.4 is 10.2 Å². The molecule has 0 atom stereocenters. The Morgan fingerprint density at radius 1 is 0.962 bits per heavy atom. The van der Waals surface area contributed by atoms with Crippen molar-refractivity contribution in [1.82, 2.24) is 5.43 Å². The van der Waals surface area contributed by atoms with E-state index >= 15 is 0 Å². The van der Waals surface area contributed by atoms with Gasteiger partial charge in [0.15, 0.2) is 6.61 Å². The van der Waals surface area contributed by atoms with Crippen molar-refractivity contribution in [2.75, 3.05) is 6.61 Å². The van der Waals surface area contributed by atoms with Gasteiger partial charge in [0.2, 0.25) is 0 Å². The van der Waals surface area contributed by atoms with Gasteiger partial charge in [-0.2, -0.15) is 5.10 Å². The van der Waals surface area contributed by atoms with Crippen LogP contribution in [0.5, 0.6) is 5.75 Å². The van der Waals surface area contributed by atoms with Crippen molar-refractivity contribution in [3.8, 4) is 16.9 Å². The quantitative estimate of drug-likeness (QED) is 0.516. The minimum absolute atomic E-state index is 0.114. The maximum absolute atomic E-state index is 11.8. The van der Waals surface area contributed by atoms with Gasteiger partial charge in [0.05, 0.1) is 6.21 Å². The van der Waals surface area contributed by atoms with Gasteiger partial charge in [-0.15, -0.1) is 0 Å². The van der Waals surface area contributed by atoms with E-state index in [0.29, 0.717) is 10.8 Å². The molecular weight excluding hydrogens is 348 g/mol. The highest BCUT2D eigenvalue weighted by molar-refractivity contribution is 6.30. The number of rotatable bonds is 6. The predicted molar refractivity (Wildman–Crippen MR) is 105 cm³/mol. The zero-order valence-electron chi connectivity index (χ0n) is 13.9. The number of nitrogens with one attached hydrogen (secondary N) is 1. The average molecular weight is 365 g/mol. The standard InChI is InChI=1S/C21H17ClN2O2/c22-19-8-4-5-16(13-19)14-23-24-21(25)15-26-20-11-9-18(10-12-20)17-6-2-1-3-7-17/h1-14H,15H2,(H,24,25)/b23-14-. The lowest BCUT2D eigenvalue weighted by atomic mass is 10.1. The Morgan fingerprint density at radius 3 is 2.42 bits per heavy atom. The van der Waals surface area contributed by atoms with Gasteiger partial charge in [-0.25, -0.2) is 5.43 Å². The van der Waals surface area contributed by atoms with Gasteiger partial charge < -0.3 is 4.74 Å². The van der Waals surface area contributed by atoms with Crippen molar-refractivity contribution >= 4 is 23.7 Å². The molecule has 0 heterocycles. The Kier molecular flexibility index (Phi) is 6.01. The fraction of sp³-hybridized carbons (Fsp3) is 0.0476. The summed E-state index contributed by atoms with van der Waals surface area (Å²) in [6.07, 6.45) is 1.53. The van der Waals surface area contributed by atoms with E-state index in [1.165, 1.54) is 6.21 Å². The molecule has 0 aliphatic rings. The zero-order chi connectivity index (χ0) is 18.2. The number of ether oxygens (including phenoxy) is 1. The lowest BCUT2D eigenvalue weighted by Gasteiger charge is -2.06. The molecule has 130 valence electrons. The first-order chi connectivity index (χ1) is 12.7. The third kappa shape index (κ3) is 5.19. The largest absolute Gasteiger partial charge is 0.484 e. The molecule has 0 aliphatic carbocycles. The smallest absolute Gasteiger partial charge is 0.277 e. The third-order valence-corrected chi connectivity index (χ3v) is 3.82. The van der Waals surface area contributed by atoms with Crippen molar-refractivity contribution in [2.24, 2.45) is 5.10 Å². The molecule has 0 radical (unpaired) electrons. The maximum Gasteiger partial charge on any atom is 0.277 e. The molecule has 1 amide bonds. The fourth-order valence-corrected chi connectivity index (χ4v) is 2.52. The Hall–Kier alpha value is -3.11. The molecule has 26 heavy (non-hydrogen) atoms. The Balaban J connectivity index is 1.48. The van der Waals surface area contributed by atoms with Crippen LogP contribution in [0, 0.1) is 0 Å². The highest BCUT2D eigenvalue weighted by atomic mass is 35.5. The van der Waals surface area contributed by atoms with Crippen molar-refractivity contribution in [3.05, 3.63) is 89.4 Å². The van der Waals surface area contributed by atoms with E-state index in [2.05, 4.69) is 10.5 Å². The molecule has 3 aromatic rings. The summed E-state index contributed by atoms with van der Waals surface area (Å²) in [7, 11) is 0. The van der Waals surface area contributed by atoms with Gasteiger partial charge in [0.1, 0.15) is 5.75 Å². The number of carbonyl (C=O) groups is 1. The monoisotopic (exact) mass is 364 g/mol. The van der Waals surface area contributed by atoms with E-state index in [-0.39, 0.29) is 12.5 Å². The molecule has 1 N–H and O–H groups in total. The van der Waals surface area contributed by atoms with Gasteiger partial charge in [-0.3, -0.25) is 4.79 Å². The minimum Gasteiger partial charge on any atom is -0.484 e. The summed E-state index contributed by atoms with van der Waals surface area (Å²) in [6, 6.07) is 24.8. The van der Waals surface area contributed by atoms with E-state index in [1.807, 2.05) is 66.7 Å². The first-order valence-electron chi connectivity index (χ1n) is 8.06. The Bertz CT molecular complexity index is 893. The Labute approximate surface area is 157 Å². The number of hydrogen-bond donors (Lipinski definition) is 1. The summed E-state index contributed by atoms with van der Waals surface area (Å²) in [5, 5.41) is 4.50. The zero-order valence-corrected chi connectivity index (χ0v) is 14.7. The number of hydrazone groups is 1. The van der Waals surface area contributed by atoms with Crippen molar-refractivity contribution in [2.45, 2.75) is 0 Å². The molecule has 4 nitrogen and oxygen atoms in total. The number of hydrogen-bond acceptors (Lipinski definition) is 3. The van der Waals surface area contributed by atoms with E-state index < -0.39 is 0 Å². The normalized spacial score (nSPS) is 10.7. The number of benzene rings is 3. The molecule has 5 heteroatoms. The number of nitrogens with zero attached hydrogens (tertiary/aromatic N) is 1. The highest BCUT2D eigenvalue weighted by Gasteiger charge is 2.02. The summed E-state index contributed by atoms with van der Waals surface area (Å²) >= 11 is 5.89. The predicted octanol–water partition coefficient (Wildman–Crippen LogP) is 4.54. The van der Waals surface area contributed by atoms with Crippen molar-refractivity contribution in [3.63, 3.8) is 0 Å². The van der Waals surface area contributed by atoms with Crippen LogP contribution in [-0.4, -0.2) is 18.7 Å². The lowest BCUT2D eigenvalue weighted by Crippen LogP contribution is -2.24. The van der Waals surface area contributed by atoms with Crippen LogP contribution in [0.4, 0.5) is 0 Å². The van der Waals surface area contributed by atoms with Crippen LogP contribution in [0.2, 0.25) is 5.02 Å². The lowest BCUT2D eigenvalue weighted by molar-refractivity contribution is -0.123. The topological polar surface area (TPSA) is 50.7 Å². The molecule has 0 saturated carbocycles. The summed E-state index contributed by atoms with van der Waals surface area (Å²) in [5.74, 6) is 0.286. The maximum atomic E-state index is 11.8. The van der Waals surface area contributed by atoms with Gasteiger partial charge in [0.25, 0.3) is 5.91 Å². The van der Waals surface area contributed by atoms with E-state index in [0.717, 1.165) is 16.7 Å². The first-order valence-corrected chi connectivity index (χ1v) is 8.44. The second-order valence-corrected chi connectivity index (χ2v) is 5.96. The van der Waals surface area contributed by atoms with E-state index in [9.17, 15) is 4.79 Å². The minimum atomic E-state index is -0.338. The average Bonchev–Trinajstić information content (AvgIpc) is 2.68. The molecule has 0 aromatic heterocycles. The summed E-state index contributed by atoms with van der Waals surface area (Å²) in [6.45, 7) is -0.114. The van der Waals surface area contributed by atoms with E-state index in [1.54, 1.807) is 12.1 Å².